The van der Waals surface area contributed by atoms with Crippen LogP contribution in [0.5, 0.6) is 0 Å². The summed E-state index contributed by atoms with van der Waals surface area (Å²) in [6.45, 7) is 6.73. The maximum Gasteiger partial charge on any atom is 0.0553 e. The first-order chi connectivity index (χ1) is 9.41. The van der Waals surface area contributed by atoms with Crippen molar-refractivity contribution >= 4 is 0 Å². The second-order valence-electron chi connectivity index (χ2n) is 6.37. The Kier molecular flexibility index (Phi) is 4.29. The van der Waals surface area contributed by atoms with Gasteiger partial charge in [-0.05, 0) is 36.1 Å². The third-order valence-corrected chi connectivity index (χ3v) is 3.82. The number of aryl methyl sites for hydroxylation is 1. The number of likely N-dealkylation sites (N-methyl/N-ethyl adjacent to an activating group) is 1. The van der Waals surface area contributed by atoms with E-state index in [1.54, 1.807) is 0 Å². The minimum Gasteiger partial charge on any atom is -0.311 e. The van der Waals surface area contributed by atoms with Gasteiger partial charge in [0.05, 0.1) is 11.7 Å². The summed E-state index contributed by atoms with van der Waals surface area (Å²) in [6.07, 6.45) is 2.82. The lowest BCUT2D eigenvalue weighted by Crippen LogP contribution is -2.21. The van der Waals surface area contributed by atoms with Crippen LogP contribution in [0.3, 0.4) is 0 Å². The maximum absolute atomic E-state index is 4.25. The van der Waals surface area contributed by atoms with Gasteiger partial charge in [0, 0.05) is 13.2 Å². The molecule has 3 nitrogen and oxygen atoms in total. The molecule has 1 unspecified atom stereocenters. The van der Waals surface area contributed by atoms with Crippen LogP contribution in [-0.4, -0.2) is 16.8 Å². The fourth-order valence-electron chi connectivity index (χ4n) is 2.46. The number of nitrogens with one attached hydrogen (secondary N) is 1. The summed E-state index contributed by atoms with van der Waals surface area (Å²) in [5.74, 6) is 0. The molecule has 0 spiro atoms. The Morgan fingerprint density at radius 3 is 2.25 bits per heavy atom. The van der Waals surface area contributed by atoms with Crippen LogP contribution in [-0.2, 0) is 18.9 Å². The summed E-state index contributed by atoms with van der Waals surface area (Å²) in [7, 11) is 3.99. The SMILES string of the molecule is CNC(Cc1ccc(C(C)(C)C)cc1)c1ccnn1C. The smallest absolute Gasteiger partial charge is 0.0553 e. The van der Waals surface area contributed by atoms with Gasteiger partial charge in [-0.25, -0.2) is 0 Å². The van der Waals surface area contributed by atoms with Gasteiger partial charge in [0.15, 0.2) is 0 Å². The number of nitrogens with zero attached hydrogens (tertiary/aromatic N) is 2. The van der Waals surface area contributed by atoms with Crippen molar-refractivity contribution in [3.05, 3.63) is 53.3 Å². The molecule has 0 aliphatic heterocycles. The predicted octanol–water partition coefficient (Wildman–Crippen LogP) is 3.22. The molecule has 0 aliphatic rings. The van der Waals surface area contributed by atoms with E-state index in [9.17, 15) is 0 Å². The van der Waals surface area contributed by atoms with Crippen molar-refractivity contribution in [2.45, 2.75) is 38.6 Å². The van der Waals surface area contributed by atoms with E-state index in [4.69, 9.17) is 0 Å². The van der Waals surface area contributed by atoms with Gasteiger partial charge in [0.2, 0.25) is 0 Å². The number of hydrogen-bond donors (Lipinski definition) is 1. The molecule has 1 N–H and O–H groups in total. The van der Waals surface area contributed by atoms with Gasteiger partial charge in [-0.2, -0.15) is 5.10 Å². The quantitative estimate of drug-likeness (QED) is 0.925. The van der Waals surface area contributed by atoms with E-state index in [0.29, 0.717) is 6.04 Å². The molecule has 0 radical (unpaired) electrons. The number of benzene rings is 1. The highest BCUT2D eigenvalue weighted by Gasteiger charge is 2.15. The van der Waals surface area contributed by atoms with Gasteiger partial charge < -0.3 is 5.32 Å². The predicted molar refractivity (Wildman–Crippen MR) is 83.9 cm³/mol. The monoisotopic (exact) mass is 271 g/mol. The average molecular weight is 271 g/mol. The Labute approximate surface area is 122 Å². The second kappa shape index (κ2) is 5.80. The van der Waals surface area contributed by atoms with Gasteiger partial charge in [-0.3, -0.25) is 4.68 Å². The second-order valence-corrected chi connectivity index (χ2v) is 6.37. The molecule has 2 aromatic rings. The van der Waals surface area contributed by atoms with Gasteiger partial charge in [-0.1, -0.05) is 45.0 Å². The summed E-state index contributed by atoms with van der Waals surface area (Å²) in [4.78, 5) is 0. The molecule has 0 bridgehead atoms. The van der Waals surface area contributed by atoms with Crippen molar-refractivity contribution in [2.24, 2.45) is 7.05 Å². The molecule has 1 aromatic carbocycles. The Bertz CT molecular complexity index is 546. The van der Waals surface area contributed by atoms with Gasteiger partial charge >= 0.3 is 0 Å². The molecule has 2 rings (SSSR count). The molecule has 0 saturated heterocycles. The molecular formula is C17H25N3. The Hall–Kier alpha value is -1.61. The lowest BCUT2D eigenvalue weighted by atomic mass is 9.86. The van der Waals surface area contributed by atoms with E-state index < -0.39 is 0 Å². The molecule has 0 fully saturated rings. The third kappa shape index (κ3) is 3.28. The summed E-state index contributed by atoms with van der Waals surface area (Å²) < 4.78 is 1.94. The Morgan fingerprint density at radius 1 is 1.15 bits per heavy atom. The number of aromatic nitrogens is 2. The highest BCUT2D eigenvalue weighted by atomic mass is 15.3. The van der Waals surface area contributed by atoms with Crippen LogP contribution in [0.15, 0.2) is 36.5 Å². The molecular weight excluding hydrogens is 246 g/mol. The van der Waals surface area contributed by atoms with Gasteiger partial charge in [0.25, 0.3) is 0 Å². The van der Waals surface area contributed by atoms with E-state index in [2.05, 4.69) is 61.5 Å². The fourth-order valence-corrected chi connectivity index (χ4v) is 2.46. The molecule has 20 heavy (non-hydrogen) atoms. The zero-order valence-corrected chi connectivity index (χ0v) is 13.1. The topological polar surface area (TPSA) is 29.9 Å². The van der Waals surface area contributed by atoms with Crippen LogP contribution in [0.2, 0.25) is 0 Å². The van der Waals surface area contributed by atoms with E-state index in [-0.39, 0.29) is 5.41 Å². The average Bonchev–Trinajstić information content (AvgIpc) is 2.82. The first-order valence-electron chi connectivity index (χ1n) is 7.16. The molecule has 0 saturated carbocycles. The minimum atomic E-state index is 0.211. The normalized spacial score (nSPS) is 13.4. The van der Waals surface area contributed by atoms with Crippen LogP contribution < -0.4 is 5.32 Å². The van der Waals surface area contributed by atoms with E-state index in [1.807, 2.05) is 25.0 Å². The van der Waals surface area contributed by atoms with Crippen LogP contribution in [0.4, 0.5) is 0 Å². The highest BCUT2D eigenvalue weighted by Crippen LogP contribution is 2.24. The number of hydrogen-bond acceptors (Lipinski definition) is 2. The largest absolute Gasteiger partial charge is 0.311 e. The molecule has 3 heteroatoms. The molecule has 108 valence electrons. The van der Waals surface area contributed by atoms with Crippen molar-refractivity contribution in [3.8, 4) is 0 Å². The Balaban J connectivity index is 2.15. The first-order valence-corrected chi connectivity index (χ1v) is 7.16. The summed E-state index contributed by atoms with van der Waals surface area (Å²) in [6, 6.07) is 11.3. The van der Waals surface area contributed by atoms with Crippen LogP contribution >= 0.6 is 0 Å². The summed E-state index contributed by atoms with van der Waals surface area (Å²) in [5.41, 5.74) is 4.15. The van der Waals surface area contributed by atoms with Crippen LogP contribution in [0.25, 0.3) is 0 Å². The highest BCUT2D eigenvalue weighted by molar-refractivity contribution is 5.28. The van der Waals surface area contributed by atoms with E-state index in [0.717, 1.165) is 6.42 Å². The standard InChI is InChI=1S/C17H25N3/c1-17(2,3)14-8-6-13(7-9-14)12-15(18-4)16-10-11-19-20(16)5/h6-11,15,18H,12H2,1-5H3. The van der Waals surface area contributed by atoms with Crippen molar-refractivity contribution < 1.29 is 0 Å². The Morgan fingerprint density at radius 2 is 1.80 bits per heavy atom. The molecule has 1 heterocycles. The van der Waals surface area contributed by atoms with Crippen molar-refractivity contribution in [1.82, 2.24) is 15.1 Å². The van der Waals surface area contributed by atoms with Crippen LogP contribution in [0.1, 0.15) is 43.6 Å². The fraction of sp³-hybridized carbons (Fsp3) is 0.471. The van der Waals surface area contributed by atoms with Crippen LogP contribution in [0, 0.1) is 0 Å². The molecule has 1 aromatic heterocycles. The zero-order chi connectivity index (χ0) is 14.8. The molecule has 0 amide bonds. The van der Waals surface area contributed by atoms with E-state index >= 15 is 0 Å². The molecule has 0 aliphatic carbocycles. The van der Waals surface area contributed by atoms with Gasteiger partial charge in [-0.15, -0.1) is 0 Å². The van der Waals surface area contributed by atoms with Crippen molar-refractivity contribution in [1.29, 1.82) is 0 Å². The zero-order valence-electron chi connectivity index (χ0n) is 13.1. The maximum atomic E-state index is 4.25. The van der Waals surface area contributed by atoms with E-state index in [1.165, 1.54) is 16.8 Å². The van der Waals surface area contributed by atoms with Crippen molar-refractivity contribution in [3.63, 3.8) is 0 Å². The van der Waals surface area contributed by atoms with Crippen molar-refractivity contribution in [2.75, 3.05) is 7.05 Å². The summed E-state index contributed by atoms with van der Waals surface area (Å²) >= 11 is 0. The number of rotatable bonds is 4. The molecule has 1 atom stereocenters. The van der Waals surface area contributed by atoms with Gasteiger partial charge in [0.1, 0.15) is 0 Å². The lowest BCUT2D eigenvalue weighted by Gasteiger charge is -2.20. The summed E-state index contributed by atoms with van der Waals surface area (Å²) in [5, 5.41) is 7.63. The third-order valence-electron chi connectivity index (χ3n) is 3.82. The lowest BCUT2D eigenvalue weighted by molar-refractivity contribution is 0.537. The first kappa shape index (κ1) is 14.8. The minimum absolute atomic E-state index is 0.211.